The first-order valence-corrected chi connectivity index (χ1v) is 7.87. The van der Waals surface area contributed by atoms with Gasteiger partial charge in [-0.2, -0.15) is 0 Å². The molecule has 3 nitrogen and oxygen atoms in total. The number of nitrogens with one attached hydrogen (secondary N) is 1. The zero-order chi connectivity index (χ0) is 13.1. The first-order valence-electron chi connectivity index (χ1n) is 7.87. The van der Waals surface area contributed by atoms with Crippen LogP contribution in [0.4, 0.5) is 0 Å². The van der Waals surface area contributed by atoms with Crippen LogP contribution in [0.25, 0.3) is 0 Å². The Morgan fingerprint density at radius 1 is 1.32 bits per heavy atom. The van der Waals surface area contributed by atoms with E-state index in [1.165, 1.54) is 63.1 Å². The second-order valence-electron chi connectivity index (χ2n) is 6.17. The molecule has 2 heterocycles. The maximum Gasteiger partial charge on any atom is 0.108 e. The van der Waals surface area contributed by atoms with Crippen molar-refractivity contribution in [2.75, 3.05) is 19.6 Å². The molecular formula is C16H26N2O. The molecule has 1 aliphatic heterocycles. The van der Waals surface area contributed by atoms with Gasteiger partial charge >= 0.3 is 0 Å². The lowest BCUT2D eigenvalue weighted by atomic mass is 9.93. The zero-order valence-corrected chi connectivity index (χ0v) is 12.0. The van der Waals surface area contributed by atoms with Crippen LogP contribution in [-0.2, 0) is 6.42 Å². The van der Waals surface area contributed by atoms with Crippen LogP contribution in [0.3, 0.4) is 0 Å². The fourth-order valence-corrected chi connectivity index (χ4v) is 3.58. The molecule has 19 heavy (non-hydrogen) atoms. The van der Waals surface area contributed by atoms with Gasteiger partial charge in [-0.05, 0) is 51.8 Å². The number of rotatable bonds is 4. The summed E-state index contributed by atoms with van der Waals surface area (Å²) in [5, 5.41) is 3.81. The zero-order valence-electron chi connectivity index (χ0n) is 12.0. The number of piperidine rings is 1. The van der Waals surface area contributed by atoms with Crippen molar-refractivity contribution in [3.05, 3.63) is 23.7 Å². The fourth-order valence-electron chi connectivity index (χ4n) is 3.58. The minimum Gasteiger partial charge on any atom is -0.469 e. The van der Waals surface area contributed by atoms with E-state index in [-0.39, 0.29) is 0 Å². The quantitative estimate of drug-likeness (QED) is 0.903. The van der Waals surface area contributed by atoms with E-state index >= 15 is 0 Å². The maximum atomic E-state index is 5.57. The van der Waals surface area contributed by atoms with Gasteiger partial charge in [-0.3, -0.25) is 0 Å². The van der Waals surface area contributed by atoms with Crippen LogP contribution in [0.15, 0.2) is 16.7 Å². The summed E-state index contributed by atoms with van der Waals surface area (Å²) < 4.78 is 5.57. The predicted octanol–water partition coefficient (Wildman–Crippen LogP) is 3.12. The second kappa shape index (κ2) is 6.10. The Hall–Kier alpha value is -0.800. The highest BCUT2D eigenvalue weighted by Gasteiger charge is 2.24. The van der Waals surface area contributed by atoms with Crippen molar-refractivity contribution in [2.45, 2.75) is 57.5 Å². The molecule has 3 rings (SSSR count). The molecule has 1 N–H and O–H groups in total. The van der Waals surface area contributed by atoms with Crippen LogP contribution < -0.4 is 5.32 Å². The van der Waals surface area contributed by atoms with Crippen LogP contribution in [0, 0.1) is 0 Å². The molecule has 1 aromatic heterocycles. The summed E-state index contributed by atoms with van der Waals surface area (Å²) in [6, 6.07) is 3.21. The molecule has 0 aromatic carbocycles. The molecule has 1 fully saturated rings. The van der Waals surface area contributed by atoms with Crippen LogP contribution in [0.2, 0.25) is 0 Å². The molecule has 1 saturated heterocycles. The monoisotopic (exact) mass is 262 g/mol. The van der Waals surface area contributed by atoms with Crippen molar-refractivity contribution in [1.82, 2.24) is 10.2 Å². The minimum atomic E-state index is 0.502. The van der Waals surface area contributed by atoms with Gasteiger partial charge in [0, 0.05) is 30.6 Å². The third-order valence-electron chi connectivity index (χ3n) is 4.52. The summed E-state index contributed by atoms with van der Waals surface area (Å²) in [4.78, 5) is 2.61. The van der Waals surface area contributed by atoms with E-state index in [1.54, 1.807) is 0 Å². The predicted molar refractivity (Wildman–Crippen MR) is 77.3 cm³/mol. The van der Waals surface area contributed by atoms with Crippen molar-refractivity contribution in [2.24, 2.45) is 0 Å². The molecule has 2 unspecified atom stereocenters. The lowest BCUT2D eigenvalue weighted by molar-refractivity contribution is 0.202. The van der Waals surface area contributed by atoms with Crippen molar-refractivity contribution < 1.29 is 4.42 Å². The van der Waals surface area contributed by atoms with Crippen molar-refractivity contribution in [3.8, 4) is 0 Å². The number of nitrogens with zero attached hydrogens (tertiary/aromatic N) is 1. The van der Waals surface area contributed by atoms with Gasteiger partial charge in [0.25, 0.3) is 0 Å². The van der Waals surface area contributed by atoms with Crippen molar-refractivity contribution in [3.63, 3.8) is 0 Å². The molecule has 2 aliphatic rings. The van der Waals surface area contributed by atoms with E-state index in [0.29, 0.717) is 12.1 Å². The lowest BCUT2D eigenvalue weighted by Crippen LogP contribution is -2.43. The third kappa shape index (κ3) is 3.21. The molecule has 1 aromatic rings. The lowest BCUT2D eigenvalue weighted by Gasteiger charge is -2.32. The van der Waals surface area contributed by atoms with Gasteiger partial charge in [-0.1, -0.05) is 6.42 Å². The van der Waals surface area contributed by atoms with Gasteiger partial charge in [-0.25, -0.2) is 0 Å². The standard InChI is InChI=1S/C16H26N2O/c1-13(12-18-9-3-2-4-10-18)17-15-6-5-7-16-14(15)8-11-19-16/h8,11,13,15,17H,2-7,9-10,12H2,1H3. The number of fused-ring (bicyclic) bond motifs is 1. The molecule has 3 heteroatoms. The minimum absolute atomic E-state index is 0.502. The van der Waals surface area contributed by atoms with E-state index in [9.17, 15) is 0 Å². The first kappa shape index (κ1) is 13.2. The topological polar surface area (TPSA) is 28.4 Å². The van der Waals surface area contributed by atoms with Crippen LogP contribution in [0.5, 0.6) is 0 Å². The number of likely N-dealkylation sites (tertiary alicyclic amines) is 1. The molecule has 0 bridgehead atoms. The Kier molecular flexibility index (Phi) is 4.24. The van der Waals surface area contributed by atoms with Crippen molar-refractivity contribution >= 4 is 0 Å². The Morgan fingerprint density at radius 3 is 3.00 bits per heavy atom. The van der Waals surface area contributed by atoms with Gasteiger partial charge in [0.1, 0.15) is 5.76 Å². The highest BCUT2D eigenvalue weighted by molar-refractivity contribution is 5.24. The van der Waals surface area contributed by atoms with Crippen LogP contribution in [0.1, 0.15) is 56.4 Å². The molecule has 1 aliphatic carbocycles. The van der Waals surface area contributed by atoms with Gasteiger partial charge in [0.2, 0.25) is 0 Å². The largest absolute Gasteiger partial charge is 0.469 e. The van der Waals surface area contributed by atoms with E-state index < -0.39 is 0 Å². The van der Waals surface area contributed by atoms with E-state index in [0.717, 1.165) is 6.42 Å². The Bertz CT molecular complexity index is 395. The summed E-state index contributed by atoms with van der Waals surface area (Å²) >= 11 is 0. The first-order chi connectivity index (χ1) is 9.33. The summed E-state index contributed by atoms with van der Waals surface area (Å²) in [7, 11) is 0. The van der Waals surface area contributed by atoms with Crippen molar-refractivity contribution in [1.29, 1.82) is 0 Å². The molecule has 0 radical (unpaired) electrons. The van der Waals surface area contributed by atoms with E-state index in [4.69, 9.17) is 4.42 Å². The summed E-state index contributed by atoms with van der Waals surface area (Å²) in [5.41, 5.74) is 1.40. The molecular weight excluding hydrogens is 236 g/mol. The fraction of sp³-hybridized carbons (Fsp3) is 0.750. The average molecular weight is 262 g/mol. The summed E-state index contributed by atoms with van der Waals surface area (Å²) in [6.45, 7) is 6.08. The van der Waals surface area contributed by atoms with Gasteiger partial charge in [-0.15, -0.1) is 0 Å². The van der Waals surface area contributed by atoms with Gasteiger partial charge in [0.05, 0.1) is 6.26 Å². The van der Waals surface area contributed by atoms with Gasteiger partial charge in [0.15, 0.2) is 0 Å². The van der Waals surface area contributed by atoms with E-state index in [2.05, 4.69) is 23.2 Å². The highest BCUT2D eigenvalue weighted by atomic mass is 16.3. The van der Waals surface area contributed by atoms with Gasteiger partial charge < -0.3 is 14.6 Å². The van der Waals surface area contributed by atoms with Crippen LogP contribution >= 0.6 is 0 Å². The highest BCUT2D eigenvalue weighted by Crippen LogP contribution is 2.30. The average Bonchev–Trinajstić information content (AvgIpc) is 2.89. The molecule has 2 atom stereocenters. The molecule has 0 amide bonds. The van der Waals surface area contributed by atoms with Crippen LogP contribution in [-0.4, -0.2) is 30.6 Å². The number of aryl methyl sites for hydroxylation is 1. The second-order valence-corrected chi connectivity index (χ2v) is 6.17. The molecule has 0 saturated carbocycles. The summed E-state index contributed by atoms with van der Waals surface area (Å²) in [6.07, 6.45) is 9.62. The Labute approximate surface area is 116 Å². The maximum absolute atomic E-state index is 5.57. The Morgan fingerprint density at radius 2 is 2.16 bits per heavy atom. The molecule has 106 valence electrons. The summed E-state index contributed by atoms with van der Waals surface area (Å²) in [5.74, 6) is 1.20. The van der Waals surface area contributed by atoms with E-state index in [1.807, 2.05) is 6.26 Å². The molecule has 0 spiro atoms. The Balaban J connectivity index is 1.54. The number of furan rings is 1. The SMILES string of the molecule is CC(CN1CCCCC1)NC1CCCc2occc21. The number of hydrogen-bond acceptors (Lipinski definition) is 3. The third-order valence-corrected chi connectivity index (χ3v) is 4.52. The normalized spacial score (nSPS) is 26.1. The number of hydrogen-bond donors (Lipinski definition) is 1. The smallest absolute Gasteiger partial charge is 0.108 e.